The molecule has 4 N–H and O–H groups in total. The van der Waals surface area contributed by atoms with Crippen molar-refractivity contribution in [2.75, 3.05) is 16.4 Å². The van der Waals surface area contributed by atoms with Gasteiger partial charge in [-0.2, -0.15) is 20.2 Å². The van der Waals surface area contributed by atoms with Gasteiger partial charge in [0.25, 0.3) is 0 Å². The standard InChI is InChI=1S/C16H10Br3N7/c17-9-5-11(18)13(12(19)6-9)23-16-25-14(21)24-15(26-16)22-10-3-1-8(7-20)2-4-10/h1-6H,(H4,21,22,23,24,25,26). The number of rotatable bonds is 4. The lowest BCUT2D eigenvalue weighted by atomic mass is 10.2. The first kappa shape index (κ1) is 18.6. The zero-order valence-corrected chi connectivity index (χ0v) is 17.7. The van der Waals surface area contributed by atoms with Gasteiger partial charge in [0.05, 0.1) is 17.3 Å². The molecule has 3 aromatic rings. The molecule has 10 heteroatoms. The highest BCUT2D eigenvalue weighted by Crippen LogP contribution is 2.35. The lowest BCUT2D eigenvalue weighted by Gasteiger charge is -2.12. The van der Waals surface area contributed by atoms with Gasteiger partial charge in [0.2, 0.25) is 17.8 Å². The summed E-state index contributed by atoms with van der Waals surface area (Å²) in [5.74, 6) is 0.648. The maximum absolute atomic E-state index is 8.85. The Balaban J connectivity index is 1.87. The number of nitrogen functional groups attached to an aromatic ring is 1. The fourth-order valence-corrected chi connectivity index (χ4v) is 4.49. The third-order valence-corrected chi connectivity index (χ3v) is 4.88. The Hall–Kier alpha value is -2.22. The summed E-state index contributed by atoms with van der Waals surface area (Å²) in [5.41, 5.74) is 7.85. The average molecular weight is 540 g/mol. The molecule has 0 spiro atoms. The smallest absolute Gasteiger partial charge is 0.233 e. The molecule has 0 unspecified atom stereocenters. The number of nitrogens with zero attached hydrogens (tertiary/aromatic N) is 4. The molecule has 3 rings (SSSR count). The summed E-state index contributed by atoms with van der Waals surface area (Å²) in [5, 5.41) is 15.0. The summed E-state index contributed by atoms with van der Waals surface area (Å²) in [7, 11) is 0. The maximum Gasteiger partial charge on any atom is 0.233 e. The van der Waals surface area contributed by atoms with Crippen molar-refractivity contribution in [2.24, 2.45) is 0 Å². The molecule has 1 heterocycles. The van der Waals surface area contributed by atoms with E-state index in [0.717, 1.165) is 24.8 Å². The second-order valence-electron chi connectivity index (χ2n) is 5.02. The van der Waals surface area contributed by atoms with Crippen molar-refractivity contribution in [3.05, 3.63) is 55.4 Å². The number of halogens is 3. The highest BCUT2D eigenvalue weighted by Gasteiger charge is 2.11. The lowest BCUT2D eigenvalue weighted by molar-refractivity contribution is 1.07. The van der Waals surface area contributed by atoms with Crippen molar-refractivity contribution in [3.63, 3.8) is 0 Å². The van der Waals surface area contributed by atoms with E-state index in [9.17, 15) is 0 Å². The van der Waals surface area contributed by atoms with Crippen molar-refractivity contribution in [3.8, 4) is 6.07 Å². The fraction of sp³-hybridized carbons (Fsp3) is 0. The maximum atomic E-state index is 8.85. The number of hydrogen-bond acceptors (Lipinski definition) is 7. The Kier molecular flexibility index (Phi) is 5.70. The first-order valence-electron chi connectivity index (χ1n) is 7.15. The molecule has 2 aromatic carbocycles. The number of anilines is 5. The van der Waals surface area contributed by atoms with Crippen LogP contribution in [0.2, 0.25) is 0 Å². The van der Waals surface area contributed by atoms with Crippen LogP contribution in [0.4, 0.5) is 29.2 Å². The zero-order valence-electron chi connectivity index (χ0n) is 13.0. The van der Waals surface area contributed by atoms with E-state index in [1.54, 1.807) is 24.3 Å². The van der Waals surface area contributed by atoms with Crippen LogP contribution in [0.3, 0.4) is 0 Å². The average Bonchev–Trinajstić information content (AvgIpc) is 2.58. The molecule has 130 valence electrons. The van der Waals surface area contributed by atoms with E-state index in [0.29, 0.717) is 5.56 Å². The molecule has 0 atom stereocenters. The lowest BCUT2D eigenvalue weighted by Crippen LogP contribution is -2.07. The van der Waals surface area contributed by atoms with Crippen LogP contribution in [0.15, 0.2) is 49.8 Å². The molecule has 0 bridgehead atoms. The second kappa shape index (κ2) is 7.99. The van der Waals surface area contributed by atoms with Gasteiger partial charge in [-0.15, -0.1) is 0 Å². The highest BCUT2D eigenvalue weighted by atomic mass is 79.9. The Morgan fingerprint density at radius 3 is 2.04 bits per heavy atom. The number of nitrogens with one attached hydrogen (secondary N) is 2. The van der Waals surface area contributed by atoms with Crippen molar-refractivity contribution < 1.29 is 0 Å². The normalized spacial score (nSPS) is 10.2. The van der Waals surface area contributed by atoms with Gasteiger partial charge in [0.15, 0.2) is 0 Å². The number of aromatic nitrogens is 3. The van der Waals surface area contributed by atoms with Gasteiger partial charge in [-0.1, -0.05) is 15.9 Å². The van der Waals surface area contributed by atoms with Crippen LogP contribution in [0.25, 0.3) is 0 Å². The minimum absolute atomic E-state index is 0.0722. The summed E-state index contributed by atoms with van der Waals surface area (Å²) in [6.07, 6.45) is 0. The van der Waals surface area contributed by atoms with E-state index in [1.807, 2.05) is 12.1 Å². The molecule has 0 fully saturated rings. The van der Waals surface area contributed by atoms with Crippen LogP contribution in [0, 0.1) is 11.3 Å². The minimum Gasteiger partial charge on any atom is -0.368 e. The van der Waals surface area contributed by atoms with Crippen molar-refractivity contribution in [2.45, 2.75) is 0 Å². The SMILES string of the molecule is N#Cc1ccc(Nc2nc(N)nc(Nc3c(Br)cc(Br)cc3Br)n2)cc1. The molecule has 0 radical (unpaired) electrons. The highest BCUT2D eigenvalue weighted by molar-refractivity contribution is 9.11. The summed E-state index contributed by atoms with van der Waals surface area (Å²) in [6.45, 7) is 0. The van der Waals surface area contributed by atoms with Crippen molar-refractivity contribution >= 4 is 77.0 Å². The van der Waals surface area contributed by atoms with Crippen molar-refractivity contribution in [1.82, 2.24) is 15.0 Å². The Morgan fingerprint density at radius 1 is 0.885 bits per heavy atom. The van der Waals surface area contributed by atoms with E-state index in [1.165, 1.54) is 0 Å². The molecular weight excluding hydrogens is 530 g/mol. The molecule has 0 aliphatic heterocycles. The van der Waals surface area contributed by atoms with Crippen molar-refractivity contribution in [1.29, 1.82) is 5.26 Å². The fourth-order valence-electron chi connectivity index (χ4n) is 2.03. The molecule has 0 amide bonds. The first-order chi connectivity index (χ1) is 12.4. The molecule has 7 nitrogen and oxygen atoms in total. The summed E-state index contributed by atoms with van der Waals surface area (Å²) >= 11 is 10.4. The van der Waals surface area contributed by atoms with Crippen LogP contribution >= 0.6 is 47.8 Å². The molecule has 26 heavy (non-hydrogen) atoms. The van der Waals surface area contributed by atoms with Gasteiger partial charge in [0, 0.05) is 19.1 Å². The van der Waals surface area contributed by atoms with E-state index in [-0.39, 0.29) is 17.8 Å². The quantitative estimate of drug-likeness (QED) is 0.423. The van der Waals surface area contributed by atoms with Crippen LogP contribution in [0.1, 0.15) is 5.56 Å². The predicted molar refractivity (Wildman–Crippen MR) is 112 cm³/mol. The third-order valence-electron chi connectivity index (χ3n) is 3.17. The van der Waals surface area contributed by atoms with Gasteiger partial charge in [-0.3, -0.25) is 0 Å². The monoisotopic (exact) mass is 537 g/mol. The summed E-state index contributed by atoms with van der Waals surface area (Å²) in [6, 6.07) is 12.8. The van der Waals surface area contributed by atoms with E-state index < -0.39 is 0 Å². The van der Waals surface area contributed by atoms with Gasteiger partial charge in [-0.25, -0.2) is 0 Å². The van der Waals surface area contributed by atoms with Crippen LogP contribution < -0.4 is 16.4 Å². The number of benzene rings is 2. The molecule has 0 aliphatic rings. The topological polar surface area (TPSA) is 113 Å². The molecule has 0 saturated carbocycles. The van der Waals surface area contributed by atoms with Crippen LogP contribution in [-0.4, -0.2) is 15.0 Å². The number of nitrogens with two attached hydrogens (primary N) is 1. The summed E-state index contributed by atoms with van der Waals surface area (Å²) in [4.78, 5) is 12.5. The van der Waals surface area contributed by atoms with E-state index in [4.69, 9.17) is 11.0 Å². The van der Waals surface area contributed by atoms with Gasteiger partial charge >= 0.3 is 0 Å². The van der Waals surface area contributed by atoms with E-state index in [2.05, 4.69) is 79.4 Å². The first-order valence-corrected chi connectivity index (χ1v) is 9.53. The Morgan fingerprint density at radius 2 is 1.46 bits per heavy atom. The molecule has 0 aliphatic carbocycles. The minimum atomic E-state index is 0.0722. The molecular formula is C16H10Br3N7. The Bertz CT molecular complexity index is 977. The van der Waals surface area contributed by atoms with Gasteiger partial charge in [-0.05, 0) is 68.3 Å². The molecule has 1 aromatic heterocycles. The number of hydrogen-bond donors (Lipinski definition) is 3. The second-order valence-corrected chi connectivity index (χ2v) is 7.65. The number of nitriles is 1. The largest absolute Gasteiger partial charge is 0.368 e. The Labute approximate surface area is 174 Å². The van der Waals surface area contributed by atoms with Crippen LogP contribution in [-0.2, 0) is 0 Å². The predicted octanol–water partition coefficient (Wildman–Crippen LogP) is 5.10. The van der Waals surface area contributed by atoms with Gasteiger partial charge < -0.3 is 16.4 Å². The van der Waals surface area contributed by atoms with E-state index >= 15 is 0 Å². The zero-order chi connectivity index (χ0) is 18.7. The summed E-state index contributed by atoms with van der Waals surface area (Å²) < 4.78 is 2.55. The molecule has 0 saturated heterocycles. The van der Waals surface area contributed by atoms with Gasteiger partial charge in [0.1, 0.15) is 0 Å². The third kappa shape index (κ3) is 4.49. The van der Waals surface area contributed by atoms with Crippen LogP contribution in [0.5, 0.6) is 0 Å².